The highest BCUT2D eigenvalue weighted by atomic mass is 35.5. The summed E-state index contributed by atoms with van der Waals surface area (Å²) in [5.41, 5.74) is 1.78. The topological polar surface area (TPSA) is 86.8 Å². The van der Waals surface area contributed by atoms with E-state index in [-0.39, 0.29) is 42.1 Å². The zero-order valence-corrected chi connectivity index (χ0v) is 24.9. The van der Waals surface area contributed by atoms with Gasteiger partial charge in [-0.05, 0) is 47.7 Å². The van der Waals surface area contributed by atoms with E-state index in [2.05, 4.69) is 5.32 Å². The maximum Gasteiger partial charge on any atom is 0.243 e. The van der Waals surface area contributed by atoms with Gasteiger partial charge in [0.15, 0.2) is 0 Å². The van der Waals surface area contributed by atoms with E-state index in [0.717, 1.165) is 11.1 Å². The fourth-order valence-electron chi connectivity index (χ4n) is 4.25. The van der Waals surface area contributed by atoms with Gasteiger partial charge in [-0.1, -0.05) is 86.1 Å². The Kier molecular flexibility index (Phi) is 11.7. The molecule has 1 atom stereocenters. The first-order valence-corrected chi connectivity index (χ1v) is 15.3. The second-order valence-corrected chi connectivity index (χ2v) is 12.7. The lowest BCUT2D eigenvalue weighted by Crippen LogP contribution is -2.51. The Morgan fingerprint density at radius 1 is 0.875 bits per heavy atom. The number of benzene rings is 3. The molecule has 0 aliphatic carbocycles. The zero-order chi connectivity index (χ0) is 29.1. The van der Waals surface area contributed by atoms with E-state index in [1.807, 2.05) is 56.3 Å². The van der Waals surface area contributed by atoms with Gasteiger partial charge in [0.05, 0.1) is 4.90 Å². The van der Waals surface area contributed by atoms with E-state index in [1.54, 1.807) is 47.4 Å². The molecule has 0 radical (unpaired) electrons. The van der Waals surface area contributed by atoms with Crippen LogP contribution in [-0.2, 0) is 32.6 Å². The molecule has 214 valence electrons. The lowest BCUT2D eigenvalue weighted by Gasteiger charge is -2.32. The highest BCUT2D eigenvalue weighted by molar-refractivity contribution is 7.89. The normalized spacial score (nSPS) is 12.3. The summed E-state index contributed by atoms with van der Waals surface area (Å²) >= 11 is 6.08. The second kappa shape index (κ2) is 15.0. The molecule has 0 spiro atoms. The van der Waals surface area contributed by atoms with Gasteiger partial charge in [-0.3, -0.25) is 9.59 Å². The zero-order valence-electron chi connectivity index (χ0n) is 23.3. The molecular weight excluding hydrogens is 546 g/mol. The van der Waals surface area contributed by atoms with E-state index < -0.39 is 16.1 Å². The molecule has 7 nitrogen and oxygen atoms in total. The average Bonchev–Trinajstić information content (AvgIpc) is 2.95. The summed E-state index contributed by atoms with van der Waals surface area (Å²) < 4.78 is 27.1. The van der Waals surface area contributed by atoms with Crippen molar-refractivity contribution in [1.29, 1.82) is 0 Å². The van der Waals surface area contributed by atoms with Crippen molar-refractivity contribution in [2.45, 2.75) is 50.6 Å². The average molecular weight is 584 g/mol. The lowest BCUT2D eigenvalue weighted by atomic mass is 10.0. The summed E-state index contributed by atoms with van der Waals surface area (Å²) in [6.07, 6.45) is 0.752. The van der Waals surface area contributed by atoms with Crippen LogP contribution < -0.4 is 5.32 Å². The molecule has 40 heavy (non-hydrogen) atoms. The van der Waals surface area contributed by atoms with Crippen molar-refractivity contribution >= 4 is 33.4 Å². The van der Waals surface area contributed by atoms with E-state index in [1.165, 1.54) is 11.4 Å². The first-order valence-electron chi connectivity index (χ1n) is 13.4. The van der Waals surface area contributed by atoms with E-state index in [9.17, 15) is 18.0 Å². The summed E-state index contributed by atoms with van der Waals surface area (Å²) in [6.45, 7) is 4.92. The number of nitrogens with one attached hydrogen (secondary N) is 1. The number of hydrogen-bond acceptors (Lipinski definition) is 4. The first kappa shape index (κ1) is 31.3. The van der Waals surface area contributed by atoms with Crippen molar-refractivity contribution in [3.63, 3.8) is 0 Å². The second-order valence-electron chi connectivity index (χ2n) is 10.2. The third-order valence-electron chi connectivity index (χ3n) is 6.54. The van der Waals surface area contributed by atoms with Crippen LogP contribution in [0.2, 0.25) is 5.02 Å². The van der Waals surface area contributed by atoms with Crippen molar-refractivity contribution in [3.05, 3.63) is 101 Å². The number of amides is 2. The SMILES string of the molecule is CC(C)CNC(=O)[C@@H](Cc1ccccc1)N(Cc1ccc(Cl)cc1)C(=O)CCCN(C)S(=O)(=O)c1ccccc1. The predicted molar refractivity (Wildman–Crippen MR) is 159 cm³/mol. The van der Waals surface area contributed by atoms with Crippen molar-refractivity contribution < 1.29 is 18.0 Å². The fraction of sp³-hybridized carbons (Fsp3) is 0.355. The van der Waals surface area contributed by atoms with E-state index >= 15 is 0 Å². The van der Waals surface area contributed by atoms with Crippen LogP contribution in [0.3, 0.4) is 0 Å². The minimum atomic E-state index is -3.66. The molecular formula is C31H38ClN3O4S. The molecule has 0 saturated heterocycles. The van der Waals surface area contributed by atoms with Crippen molar-refractivity contribution in [2.24, 2.45) is 5.92 Å². The molecule has 0 fully saturated rings. The first-order chi connectivity index (χ1) is 19.1. The van der Waals surface area contributed by atoms with Gasteiger partial charge in [-0.25, -0.2) is 12.7 Å². The smallest absolute Gasteiger partial charge is 0.243 e. The highest BCUT2D eigenvalue weighted by Gasteiger charge is 2.30. The molecule has 0 heterocycles. The molecule has 3 aromatic rings. The fourth-order valence-corrected chi connectivity index (χ4v) is 5.61. The van der Waals surface area contributed by atoms with Crippen LogP contribution in [0.5, 0.6) is 0 Å². The number of rotatable bonds is 14. The van der Waals surface area contributed by atoms with Crippen LogP contribution >= 0.6 is 11.6 Å². The number of halogens is 1. The van der Waals surface area contributed by atoms with Crippen molar-refractivity contribution in [1.82, 2.24) is 14.5 Å². The highest BCUT2D eigenvalue weighted by Crippen LogP contribution is 2.19. The standard InChI is InChI=1S/C31H38ClN3O4S/c1-24(2)22-33-31(37)29(21-25-11-6-4-7-12-25)35(23-26-16-18-27(32)19-17-26)30(36)15-10-20-34(3)40(38,39)28-13-8-5-9-14-28/h4-9,11-14,16-19,24,29H,10,15,20-23H2,1-3H3,(H,33,37)/t29-/m1/s1. The van der Waals surface area contributed by atoms with Gasteiger partial charge in [0.1, 0.15) is 6.04 Å². The van der Waals surface area contributed by atoms with Gasteiger partial charge in [0, 0.05) is 44.5 Å². The third kappa shape index (κ3) is 9.18. The van der Waals surface area contributed by atoms with Crippen LogP contribution in [0.1, 0.15) is 37.8 Å². The molecule has 3 aromatic carbocycles. The van der Waals surface area contributed by atoms with Gasteiger partial charge in [0.25, 0.3) is 0 Å². The van der Waals surface area contributed by atoms with Gasteiger partial charge >= 0.3 is 0 Å². The maximum absolute atomic E-state index is 13.7. The van der Waals surface area contributed by atoms with Crippen LogP contribution in [0.4, 0.5) is 0 Å². The maximum atomic E-state index is 13.7. The Morgan fingerprint density at radius 3 is 2.08 bits per heavy atom. The largest absolute Gasteiger partial charge is 0.354 e. The number of carbonyl (C=O) groups excluding carboxylic acids is 2. The summed E-state index contributed by atoms with van der Waals surface area (Å²) in [6, 6.07) is 24.3. The third-order valence-corrected chi connectivity index (χ3v) is 8.66. The number of carbonyl (C=O) groups is 2. The minimum absolute atomic E-state index is 0.0883. The molecule has 0 unspecified atom stereocenters. The van der Waals surface area contributed by atoms with Crippen LogP contribution in [-0.4, -0.2) is 55.6 Å². The Bertz CT molecular complexity index is 1330. The van der Waals surface area contributed by atoms with Gasteiger partial charge in [-0.15, -0.1) is 0 Å². The predicted octanol–water partition coefficient (Wildman–Crippen LogP) is 5.15. The summed E-state index contributed by atoms with van der Waals surface area (Å²) in [5, 5.41) is 3.59. The minimum Gasteiger partial charge on any atom is -0.354 e. The van der Waals surface area contributed by atoms with Crippen molar-refractivity contribution in [3.8, 4) is 0 Å². The molecule has 2 amide bonds. The van der Waals surface area contributed by atoms with Crippen molar-refractivity contribution in [2.75, 3.05) is 20.1 Å². The molecule has 9 heteroatoms. The van der Waals surface area contributed by atoms with Crippen LogP contribution in [0.15, 0.2) is 89.8 Å². The summed E-state index contributed by atoms with van der Waals surface area (Å²) in [7, 11) is -2.15. The summed E-state index contributed by atoms with van der Waals surface area (Å²) in [5.74, 6) is -0.187. The monoisotopic (exact) mass is 583 g/mol. The Balaban J connectivity index is 1.81. The molecule has 0 aliphatic rings. The van der Waals surface area contributed by atoms with Crippen LogP contribution in [0, 0.1) is 5.92 Å². The molecule has 0 saturated carbocycles. The van der Waals surface area contributed by atoms with Gasteiger partial charge in [-0.2, -0.15) is 0 Å². The molecule has 1 N–H and O–H groups in total. The quantitative estimate of drug-likeness (QED) is 0.284. The van der Waals surface area contributed by atoms with Gasteiger partial charge in [0.2, 0.25) is 21.8 Å². The van der Waals surface area contributed by atoms with E-state index in [0.29, 0.717) is 24.4 Å². The van der Waals surface area contributed by atoms with Gasteiger partial charge < -0.3 is 10.2 Å². The number of nitrogens with zero attached hydrogens (tertiary/aromatic N) is 2. The lowest BCUT2D eigenvalue weighted by molar-refractivity contribution is -0.141. The molecule has 0 aliphatic heterocycles. The molecule has 0 aromatic heterocycles. The van der Waals surface area contributed by atoms with E-state index in [4.69, 9.17) is 11.6 Å². The molecule has 0 bridgehead atoms. The molecule has 3 rings (SSSR count). The summed E-state index contributed by atoms with van der Waals surface area (Å²) in [4.78, 5) is 29.1. The van der Waals surface area contributed by atoms with Crippen LogP contribution in [0.25, 0.3) is 0 Å². The Hall–Kier alpha value is -3.20. The number of hydrogen-bond donors (Lipinski definition) is 1. The number of sulfonamides is 1. The Labute approximate surface area is 243 Å². The Morgan fingerprint density at radius 2 is 1.48 bits per heavy atom.